The Balaban J connectivity index is 1.97. The van der Waals surface area contributed by atoms with Gasteiger partial charge in [0.05, 0.1) is 17.5 Å². The third-order valence-corrected chi connectivity index (χ3v) is 4.82. The molecular formula is C18H14N2O6. The summed E-state index contributed by atoms with van der Waals surface area (Å²) in [6.45, 7) is 0.381. The van der Waals surface area contributed by atoms with E-state index in [1.807, 2.05) is 0 Å². The Morgan fingerprint density at radius 1 is 1.23 bits per heavy atom. The minimum Gasteiger partial charge on any atom is -0.491 e. The van der Waals surface area contributed by atoms with Crippen LogP contribution in [-0.4, -0.2) is 40.0 Å². The maximum absolute atomic E-state index is 12.9. The molecule has 2 aromatic carbocycles. The van der Waals surface area contributed by atoms with Crippen molar-refractivity contribution in [1.82, 2.24) is 4.90 Å². The van der Waals surface area contributed by atoms with Crippen molar-refractivity contribution in [2.45, 2.75) is 12.0 Å². The van der Waals surface area contributed by atoms with Crippen LogP contribution in [0.5, 0.6) is 5.75 Å². The average molecular weight is 354 g/mol. The first kappa shape index (κ1) is 16.1. The number of carbonyl (C=O) groups excluding carboxylic acids is 1. The molecule has 4 rings (SSSR count). The molecule has 8 nitrogen and oxygen atoms in total. The summed E-state index contributed by atoms with van der Waals surface area (Å²) >= 11 is 0. The highest BCUT2D eigenvalue weighted by molar-refractivity contribution is 6.00. The van der Waals surface area contributed by atoms with E-state index >= 15 is 0 Å². The van der Waals surface area contributed by atoms with Crippen molar-refractivity contribution in [3.63, 3.8) is 0 Å². The molecule has 0 radical (unpaired) electrons. The molecule has 132 valence electrons. The van der Waals surface area contributed by atoms with Gasteiger partial charge in [0.2, 0.25) is 0 Å². The van der Waals surface area contributed by atoms with Gasteiger partial charge in [-0.25, -0.2) is 0 Å². The molecular weight excluding hydrogens is 340 g/mol. The quantitative estimate of drug-likeness (QED) is 0.655. The maximum atomic E-state index is 12.9. The van der Waals surface area contributed by atoms with Crippen LogP contribution in [-0.2, 0) is 4.79 Å². The number of hydrogen-bond donors (Lipinski definition) is 1. The second-order valence-electron chi connectivity index (χ2n) is 6.17. The second-order valence-corrected chi connectivity index (χ2v) is 6.17. The molecule has 0 unspecified atom stereocenters. The topological polar surface area (TPSA) is 110 Å². The predicted octanol–water partition coefficient (Wildman–Crippen LogP) is 2.35. The predicted molar refractivity (Wildman–Crippen MR) is 89.2 cm³/mol. The van der Waals surface area contributed by atoms with E-state index in [2.05, 4.69) is 0 Å². The van der Waals surface area contributed by atoms with Crippen LogP contribution in [0.1, 0.15) is 33.4 Å². The van der Waals surface area contributed by atoms with Gasteiger partial charge in [-0.05, 0) is 17.7 Å². The van der Waals surface area contributed by atoms with E-state index in [9.17, 15) is 24.8 Å². The number of non-ortho nitro benzene ring substituents is 1. The van der Waals surface area contributed by atoms with Crippen LogP contribution in [0.3, 0.4) is 0 Å². The van der Waals surface area contributed by atoms with Gasteiger partial charge in [-0.2, -0.15) is 0 Å². The number of carboxylic acid groups (broad SMARTS) is 1. The van der Waals surface area contributed by atoms with Crippen LogP contribution in [0.25, 0.3) is 0 Å². The number of carboxylic acids is 1. The van der Waals surface area contributed by atoms with E-state index < -0.39 is 22.9 Å². The van der Waals surface area contributed by atoms with E-state index in [1.54, 1.807) is 24.3 Å². The van der Waals surface area contributed by atoms with Crippen molar-refractivity contribution in [2.24, 2.45) is 0 Å². The van der Waals surface area contributed by atoms with Gasteiger partial charge < -0.3 is 14.7 Å². The number of rotatable bonds is 2. The summed E-state index contributed by atoms with van der Waals surface area (Å²) in [5.74, 6) is -2.07. The Morgan fingerprint density at radius 3 is 2.73 bits per heavy atom. The number of ether oxygens (including phenoxy) is 1. The Hall–Kier alpha value is -3.42. The molecule has 1 amide bonds. The number of nitro groups is 1. The molecule has 0 aliphatic carbocycles. The molecule has 2 aliphatic rings. The minimum absolute atomic E-state index is 0.176. The normalized spacial score (nSPS) is 20.9. The summed E-state index contributed by atoms with van der Waals surface area (Å²) in [6.07, 6.45) is 0. The van der Waals surface area contributed by atoms with E-state index in [4.69, 9.17) is 4.74 Å². The van der Waals surface area contributed by atoms with Gasteiger partial charge in [-0.1, -0.05) is 18.2 Å². The zero-order chi connectivity index (χ0) is 18.4. The first-order valence-electron chi connectivity index (χ1n) is 8.03. The van der Waals surface area contributed by atoms with Crippen LogP contribution in [0.4, 0.5) is 5.69 Å². The summed E-state index contributed by atoms with van der Waals surface area (Å²) in [5.41, 5.74) is 0.909. The maximum Gasteiger partial charge on any atom is 0.313 e. The minimum atomic E-state index is -1.10. The summed E-state index contributed by atoms with van der Waals surface area (Å²) in [5, 5.41) is 21.1. The van der Waals surface area contributed by atoms with Gasteiger partial charge in [-0.3, -0.25) is 19.7 Å². The lowest BCUT2D eigenvalue weighted by molar-refractivity contribution is -0.385. The van der Waals surface area contributed by atoms with Gasteiger partial charge in [0.15, 0.2) is 0 Å². The lowest BCUT2D eigenvalue weighted by atomic mass is 9.79. The highest BCUT2D eigenvalue weighted by atomic mass is 16.6. The Morgan fingerprint density at radius 2 is 2.00 bits per heavy atom. The molecule has 2 atom stereocenters. The zero-order valence-corrected chi connectivity index (χ0v) is 13.5. The third-order valence-electron chi connectivity index (χ3n) is 4.82. The third kappa shape index (κ3) is 2.30. The standard InChI is InChI=1S/C18H14N2O6/c21-17-12-4-2-1-3-11(12)15(18(22)23)16-13-9-10(20(24)25)5-6-14(13)26-8-7-19(16)17/h1-6,9,15-16H,7-8H2,(H,22,23)/t15-,16-/m1/s1. The summed E-state index contributed by atoms with van der Waals surface area (Å²) in [7, 11) is 0. The van der Waals surface area contributed by atoms with Crippen LogP contribution < -0.4 is 4.74 Å². The smallest absolute Gasteiger partial charge is 0.313 e. The van der Waals surface area contributed by atoms with Gasteiger partial charge >= 0.3 is 5.97 Å². The van der Waals surface area contributed by atoms with Crippen molar-refractivity contribution < 1.29 is 24.4 Å². The number of nitro benzene ring substituents is 1. The molecule has 0 saturated heterocycles. The lowest BCUT2D eigenvalue weighted by Crippen LogP contribution is -2.45. The van der Waals surface area contributed by atoms with Gasteiger partial charge in [0.25, 0.3) is 11.6 Å². The SMILES string of the molecule is O=C(O)[C@@H]1c2ccccc2C(=O)N2CCOc3ccc([N+](=O)[O-])cc3[C@H]12. The first-order valence-corrected chi connectivity index (χ1v) is 8.03. The fraction of sp³-hybridized carbons (Fsp3) is 0.222. The van der Waals surface area contributed by atoms with Crippen LogP contribution in [0.2, 0.25) is 0 Å². The molecule has 0 aromatic heterocycles. The molecule has 26 heavy (non-hydrogen) atoms. The molecule has 0 spiro atoms. The van der Waals surface area contributed by atoms with Crippen LogP contribution in [0.15, 0.2) is 42.5 Å². The van der Waals surface area contributed by atoms with Crippen LogP contribution >= 0.6 is 0 Å². The number of nitrogens with zero attached hydrogens (tertiary/aromatic N) is 2. The largest absolute Gasteiger partial charge is 0.491 e. The number of benzene rings is 2. The highest BCUT2D eigenvalue weighted by Gasteiger charge is 2.46. The molecule has 0 saturated carbocycles. The Labute approximate surface area is 147 Å². The summed E-state index contributed by atoms with van der Waals surface area (Å²) < 4.78 is 5.64. The number of carbonyl (C=O) groups is 2. The van der Waals surface area contributed by atoms with Crippen molar-refractivity contribution in [3.05, 3.63) is 69.3 Å². The molecule has 2 heterocycles. The van der Waals surface area contributed by atoms with Crippen molar-refractivity contribution in [1.29, 1.82) is 0 Å². The van der Waals surface area contributed by atoms with Crippen molar-refractivity contribution >= 4 is 17.6 Å². The van der Waals surface area contributed by atoms with Crippen LogP contribution in [0, 0.1) is 10.1 Å². The highest BCUT2D eigenvalue weighted by Crippen LogP contribution is 2.47. The monoisotopic (exact) mass is 354 g/mol. The average Bonchev–Trinajstić information content (AvgIpc) is 2.81. The van der Waals surface area contributed by atoms with E-state index in [1.165, 1.54) is 23.1 Å². The fourth-order valence-electron chi connectivity index (χ4n) is 3.72. The molecule has 2 aromatic rings. The van der Waals surface area contributed by atoms with E-state index in [0.29, 0.717) is 22.4 Å². The zero-order valence-electron chi connectivity index (χ0n) is 13.5. The molecule has 0 bridgehead atoms. The molecule has 1 N–H and O–H groups in total. The van der Waals surface area contributed by atoms with Gasteiger partial charge in [0, 0.05) is 23.3 Å². The van der Waals surface area contributed by atoms with Crippen molar-refractivity contribution in [2.75, 3.05) is 13.2 Å². The summed E-state index contributed by atoms with van der Waals surface area (Å²) in [6, 6.07) is 9.78. The Kier molecular flexibility index (Phi) is 3.61. The fourth-order valence-corrected chi connectivity index (χ4v) is 3.72. The van der Waals surface area contributed by atoms with Gasteiger partial charge in [-0.15, -0.1) is 0 Å². The number of fused-ring (bicyclic) bond motifs is 4. The first-order chi connectivity index (χ1) is 12.5. The Bertz CT molecular complexity index is 941. The van der Waals surface area contributed by atoms with Crippen molar-refractivity contribution in [3.8, 4) is 5.75 Å². The number of hydrogen-bond acceptors (Lipinski definition) is 5. The van der Waals surface area contributed by atoms with E-state index in [-0.39, 0.29) is 24.7 Å². The molecule has 2 aliphatic heterocycles. The summed E-state index contributed by atoms with van der Waals surface area (Å²) in [4.78, 5) is 37.1. The molecule has 0 fully saturated rings. The second kappa shape index (κ2) is 5.83. The number of aliphatic carboxylic acids is 1. The number of amides is 1. The lowest BCUT2D eigenvalue weighted by Gasteiger charge is -2.39. The molecule has 8 heteroatoms. The van der Waals surface area contributed by atoms with E-state index in [0.717, 1.165) is 0 Å². The van der Waals surface area contributed by atoms with Gasteiger partial charge in [0.1, 0.15) is 18.3 Å².